The fourth-order valence-electron chi connectivity index (χ4n) is 3.91. The fourth-order valence-corrected chi connectivity index (χ4v) is 3.91. The molecule has 1 unspecified atom stereocenters. The van der Waals surface area contributed by atoms with Gasteiger partial charge in [0.25, 0.3) is 0 Å². The van der Waals surface area contributed by atoms with Crippen molar-refractivity contribution >= 4 is 10.9 Å². The summed E-state index contributed by atoms with van der Waals surface area (Å²) in [6.07, 6.45) is 5.28. The molecule has 1 heterocycles. The van der Waals surface area contributed by atoms with Gasteiger partial charge < -0.3 is 0 Å². The van der Waals surface area contributed by atoms with E-state index in [4.69, 9.17) is 0 Å². The van der Waals surface area contributed by atoms with E-state index in [1.54, 1.807) is 18.3 Å². The number of hydrogen-bond donors (Lipinski definition) is 0. The van der Waals surface area contributed by atoms with Crippen molar-refractivity contribution in [2.45, 2.75) is 31.8 Å². The first-order valence-corrected chi connectivity index (χ1v) is 8.53. The van der Waals surface area contributed by atoms with Crippen molar-refractivity contribution in [2.24, 2.45) is 0 Å². The van der Waals surface area contributed by atoms with Crippen molar-refractivity contribution < 1.29 is 4.39 Å². The lowest BCUT2D eigenvalue weighted by atomic mass is 9.87. The molecule has 1 aliphatic rings. The van der Waals surface area contributed by atoms with E-state index in [9.17, 15) is 4.39 Å². The molecule has 2 nitrogen and oxygen atoms in total. The topological polar surface area (TPSA) is 16.1 Å². The summed E-state index contributed by atoms with van der Waals surface area (Å²) in [4.78, 5) is 6.81. The molecule has 1 aliphatic carbocycles. The van der Waals surface area contributed by atoms with Gasteiger partial charge in [-0.05, 0) is 61.2 Å². The Morgan fingerprint density at radius 2 is 2.04 bits per heavy atom. The Bertz CT molecular complexity index is 875. The molecular weight excluding hydrogens is 299 g/mol. The molecule has 3 aromatic rings. The van der Waals surface area contributed by atoms with Gasteiger partial charge in [-0.15, -0.1) is 0 Å². The van der Waals surface area contributed by atoms with Crippen molar-refractivity contribution in [3.63, 3.8) is 0 Å². The highest BCUT2D eigenvalue weighted by Gasteiger charge is 2.24. The van der Waals surface area contributed by atoms with Gasteiger partial charge in [-0.25, -0.2) is 4.39 Å². The first-order chi connectivity index (χ1) is 11.7. The average molecular weight is 320 g/mol. The van der Waals surface area contributed by atoms with Crippen LogP contribution in [0, 0.1) is 5.82 Å². The minimum absolute atomic E-state index is 0.192. The Hall–Kier alpha value is -2.26. The Balaban J connectivity index is 1.67. The molecule has 0 spiro atoms. The highest BCUT2D eigenvalue weighted by atomic mass is 19.1. The van der Waals surface area contributed by atoms with Crippen LogP contribution in [0.3, 0.4) is 0 Å². The number of aromatic nitrogens is 1. The molecular formula is C21H21FN2. The number of pyridine rings is 1. The molecule has 3 heteroatoms. The van der Waals surface area contributed by atoms with Crippen molar-refractivity contribution in [3.05, 3.63) is 77.2 Å². The van der Waals surface area contributed by atoms with E-state index >= 15 is 0 Å². The van der Waals surface area contributed by atoms with Gasteiger partial charge in [0, 0.05) is 24.2 Å². The van der Waals surface area contributed by atoms with Crippen LogP contribution < -0.4 is 0 Å². The summed E-state index contributed by atoms with van der Waals surface area (Å²) in [7, 11) is 2.13. The lowest BCUT2D eigenvalue weighted by molar-refractivity contribution is 0.213. The monoisotopic (exact) mass is 320 g/mol. The number of aryl methyl sites for hydroxylation is 1. The van der Waals surface area contributed by atoms with Gasteiger partial charge in [-0.2, -0.15) is 0 Å². The average Bonchev–Trinajstić information content (AvgIpc) is 2.61. The summed E-state index contributed by atoms with van der Waals surface area (Å²) >= 11 is 0. The van der Waals surface area contributed by atoms with E-state index < -0.39 is 0 Å². The highest BCUT2D eigenvalue weighted by Crippen LogP contribution is 2.34. The van der Waals surface area contributed by atoms with Crippen molar-refractivity contribution in [2.75, 3.05) is 7.05 Å². The minimum Gasteiger partial charge on any atom is -0.295 e. The van der Waals surface area contributed by atoms with Crippen molar-refractivity contribution in [1.29, 1.82) is 0 Å². The number of halogens is 1. The fraction of sp³-hybridized carbons (Fsp3) is 0.286. The third-order valence-electron chi connectivity index (χ3n) is 5.04. The summed E-state index contributed by atoms with van der Waals surface area (Å²) in [6, 6.07) is 16.0. The minimum atomic E-state index is -0.192. The van der Waals surface area contributed by atoms with Gasteiger partial charge in [0.1, 0.15) is 5.82 Å². The maximum Gasteiger partial charge on any atom is 0.124 e. The molecule has 0 saturated heterocycles. The Morgan fingerprint density at radius 3 is 2.96 bits per heavy atom. The maximum atomic E-state index is 14.0. The van der Waals surface area contributed by atoms with Crippen molar-refractivity contribution in [3.8, 4) is 0 Å². The van der Waals surface area contributed by atoms with Crippen LogP contribution in [-0.2, 0) is 13.0 Å². The summed E-state index contributed by atoms with van der Waals surface area (Å²) in [5, 5.41) is 0.866. The smallest absolute Gasteiger partial charge is 0.124 e. The zero-order valence-electron chi connectivity index (χ0n) is 13.9. The van der Waals surface area contributed by atoms with Crippen LogP contribution in [0.2, 0.25) is 0 Å². The number of nitrogens with zero attached hydrogens (tertiary/aromatic N) is 2. The van der Waals surface area contributed by atoms with Gasteiger partial charge in [-0.1, -0.05) is 30.3 Å². The third-order valence-corrected chi connectivity index (χ3v) is 5.04. The zero-order valence-corrected chi connectivity index (χ0v) is 13.9. The van der Waals surface area contributed by atoms with E-state index in [-0.39, 0.29) is 5.82 Å². The number of fused-ring (bicyclic) bond motifs is 2. The van der Waals surface area contributed by atoms with Gasteiger partial charge in [0.2, 0.25) is 0 Å². The predicted molar refractivity (Wildman–Crippen MR) is 95.3 cm³/mol. The molecule has 2 aromatic carbocycles. The zero-order chi connectivity index (χ0) is 16.5. The van der Waals surface area contributed by atoms with E-state index in [1.807, 2.05) is 12.1 Å². The Kier molecular flexibility index (Phi) is 4.03. The van der Waals surface area contributed by atoms with E-state index in [1.165, 1.54) is 17.5 Å². The second kappa shape index (κ2) is 6.33. The summed E-state index contributed by atoms with van der Waals surface area (Å²) in [5.74, 6) is -0.192. The van der Waals surface area contributed by atoms with Crippen LogP contribution >= 0.6 is 0 Å². The molecule has 0 bridgehead atoms. The van der Waals surface area contributed by atoms with Crippen LogP contribution in [0.4, 0.5) is 4.39 Å². The predicted octanol–water partition coefficient (Wildman–Crippen LogP) is 4.88. The second-order valence-electron chi connectivity index (χ2n) is 6.66. The van der Waals surface area contributed by atoms with E-state index in [0.29, 0.717) is 12.6 Å². The number of hydrogen-bond acceptors (Lipinski definition) is 2. The molecule has 1 aromatic heterocycles. The molecule has 0 fully saturated rings. The molecule has 122 valence electrons. The molecule has 0 radical (unpaired) electrons. The van der Waals surface area contributed by atoms with Crippen LogP contribution in [0.1, 0.15) is 35.6 Å². The van der Waals surface area contributed by atoms with Gasteiger partial charge in [0.05, 0.1) is 5.52 Å². The van der Waals surface area contributed by atoms with Crippen LogP contribution in [0.25, 0.3) is 10.9 Å². The SMILES string of the molecule is CN(Cc1cc(F)cc2cccnc12)C1CCCc2ccccc21. The number of benzene rings is 2. The number of rotatable bonds is 3. The normalized spacial score (nSPS) is 17.2. The van der Waals surface area contributed by atoms with Gasteiger partial charge in [0.15, 0.2) is 0 Å². The molecule has 0 aliphatic heterocycles. The highest BCUT2D eigenvalue weighted by molar-refractivity contribution is 5.81. The quantitative estimate of drug-likeness (QED) is 0.683. The lowest BCUT2D eigenvalue weighted by Crippen LogP contribution is -2.27. The standard InChI is InChI=1S/C21H21FN2/c1-24(20-10-4-7-15-6-2-3-9-19(15)20)14-17-13-18(22)12-16-8-5-11-23-21(16)17/h2-3,5-6,8-9,11-13,20H,4,7,10,14H2,1H3. The summed E-state index contributed by atoms with van der Waals surface area (Å²) < 4.78 is 14.0. The first-order valence-electron chi connectivity index (χ1n) is 8.53. The Morgan fingerprint density at radius 1 is 1.17 bits per heavy atom. The first kappa shape index (κ1) is 15.3. The van der Waals surface area contributed by atoms with Gasteiger partial charge >= 0.3 is 0 Å². The molecule has 4 rings (SSSR count). The summed E-state index contributed by atoms with van der Waals surface area (Å²) in [6.45, 7) is 0.699. The van der Waals surface area contributed by atoms with Gasteiger partial charge in [-0.3, -0.25) is 9.88 Å². The van der Waals surface area contributed by atoms with Crippen LogP contribution in [0.5, 0.6) is 0 Å². The van der Waals surface area contributed by atoms with E-state index in [2.05, 4.69) is 41.2 Å². The van der Waals surface area contributed by atoms with Crippen molar-refractivity contribution in [1.82, 2.24) is 9.88 Å². The maximum absolute atomic E-state index is 14.0. The summed E-state index contributed by atoms with van der Waals surface area (Å²) in [5.41, 5.74) is 4.72. The second-order valence-corrected chi connectivity index (χ2v) is 6.66. The van der Waals surface area contributed by atoms with Crippen LogP contribution in [0.15, 0.2) is 54.7 Å². The molecule has 1 atom stereocenters. The Labute approximate surface area is 141 Å². The van der Waals surface area contributed by atoms with Crippen LogP contribution in [-0.4, -0.2) is 16.9 Å². The molecule has 0 amide bonds. The molecule has 0 saturated carbocycles. The largest absolute Gasteiger partial charge is 0.295 e. The molecule has 24 heavy (non-hydrogen) atoms. The lowest BCUT2D eigenvalue weighted by Gasteiger charge is -2.33. The third kappa shape index (κ3) is 2.80. The molecule has 0 N–H and O–H groups in total. The van der Waals surface area contributed by atoms with E-state index in [0.717, 1.165) is 29.3 Å².